The predicted octanol–water partition coefficient (Wildman–Crippen LogP) is 6.93. The zero-order valence-electron chi connectivity index (χ0n) is 14.4. The number of benzene rings is 3. The van der Waals surface area contributed by atoms with E-state index in [4.69, 9.17) is 12.2 Å². The van der Waals surface area contributed by atoms with Gasteiger partial charge in [0.1, 0.15) is 0 Å². The highest BCUT2D eigenvalue weighted by Gasteiger charge is 2.33. The van der Waals surface area contributed by atoms with Gasteiger partial charge in [0.2, 0.25) is 0 Å². The van der Waals surface area contributed by atoms with Gasteiger partial charge in [-0.05, 0) is 60.7 Å². The maximum Gasteiger partial charge on any atom is 0.418 e. The number of nitrogens with one attached hydrogen (secondary N) is 2. The monoisotopic (exact) mass is 400 g/mol. The molecule has 142 valence electrons. The van der Waals surface area contributed by atoms with Gasteiger partial charge in [-0.2, -0.15) is 23.4 Å². The Morgan fingerprint density at radius 1 is 0.714 bits per heavy atom. The number of alkyl halides is 3. The minimum Gasteiger partial charge on any atom is -0.332 e. The highest BCUT2D eigenvalue weighted by Crippen LogP contribution is 2.34. The van der Waals surface area contributed by atoms with Crippen LogP contribution in [0.2, 0.25) is 0 Å². The Balaban J connectivity index is 1.63. The molecule has 0 amide bonds. The maximum atomic E-state index is 13.0. The third-order valence-corrected chi connectivity index (χ3v) is 3.85. The zero-order valence-corrected chi connectivity index (χ0v) is 15.3. The molecular formula is C20H15F3N4S. The summed E-state index contributed by atoms with van der Waals surface area (Å²) in [6, 6.07) is 21.3. The van der Waals surface area contributed by atoms with Crippen LogP contribution in [-0.4, -0.2) is 5.11 Å². The van der Waals surface area contributed by atoms with Crippen molar-refractivity contribution in [2.24, 2.45) is 10.2 Å². The van der Waals surface area contributed by atoms with Gasteiger partial charge < -0.3 is 10.6 Å². The van der Waals surface area contributed by atoms with Crippen LogP contribution < -0.4 is 10.6 Å². The molecule has 0 heterocycles. The summed E-state index contributed by atoms with van der Waals surface area (Å²) in [4.78, 5) is 0. The predicted molar refractivity (Wildman–Crippen MR) is 108 cm³/mol. The van der Waals surface area contributed by atoms with Crippen LogP contribution in [0.3, 0.4) is 0 Å². The molecule has 0 radical (unpaired) electrons. The Hall–Kier alpha value is -3.26. The molecule has 2 N–H and O–H groups in total. The van der Waals surface area contributed by atoms with Gasteiger partial charge in [0.25, 0.3) is 0 Å². The lowest BCUT2D eigenvalue weighted by atomic mass is 10.1. The minimum absolute atomic E-state index is 0.0513. The van der Waals surface area contributed by atoms with E-state index >= 15 is 0 Å². The van der Waals surface area contributed by atoms with E-state index in [9.17, 15) is 13.2 Å². The molecule has 3 rings (SSSR count). The molecule has 0 fully saturated rings. The summed E-state index contributed by atoms with van der Waals surface area (Å²) in [5.41, 5.74) is 1.09. The first kappa shape index (κ1) is 19.5. The van der Waals surface area contributed by atoms with Gasteiger partial charge in [-0.15, -0.1) is 0 Å². The van der Waals surface area contributed by atoms with Crippen molar-refractivity contribution in [1.82, 2.24) is 0 Å². The van der Waals surface area contributed by atoms with Crippen molar-refractivity contribution in [1.29, 1.82) is 0 Å². The van der Waals surface area contributed by atoms with Gasteiger partial charge in [-0.3, -0.25) is 0 Å². The van der Waals surface area contributed by atoms with Gasteiger partial charge in [0.05, 0.1) is 22.6 Å². The largest absolute Gasteiger partial charge is 0.418 e. The van der Waals surface area contributed by atoms with Crippen LogP contribution in [0.15, 0.2) is 89.1 Å². The molecule has 8 heteroatoms. The lowest BCUT2D eigenvalue weighted by Gasteiger charge is -2.15. The molecule has 0 saturated heterocycles. The molecule has 0 atom stereocenters. The van der Waals surface area contributed by atoms with Crippen LogP contribution in [0.25, 0.3) is 0 Å². The molecule has 0 aliphatic rings. The second kappa shape index (κ2) is 8.62. The lowest BCUT2D eigenvalue weighted by Crippen LogP contribution is -2.21. The van der Waals surface area contributed by atoms with Crippen molar-refractivity contribution >= 4 is 40.1 Å². The van der Waals surface area contributed by atoms with Crippen molar-refractivity contribution in [3.05, 3.63) is 84.4 Å². The van der Waals surface area contributed by atoms with E-state index in [2.05, 4.69) is 20.9 Å². The van der Waals surface area contributed by atoms with E-state index in [1.54, 1.807) is 24.3 Å². The number of azo groups is 1. The number of hydrogen-bond donors (Lipinski definition) is 2. The average molecular weight is 400 g/mol. The van der Waals surface area contributed by atoms with Crippen molar-refractivity contribution in [3.63, 3.8) is 0 Å². The lowest BCUT2D eigenvalue weighted by molar-refractivity contribution is -0.136. The molecule has 4 nitrogen and oxygen atoms in total. The van der Waals surface area contributed by atoms with E-state index in [-0.39, 0.29) is 10.8 Å². The van der Waals surface area contributed by atoms with Gasteiger partial charge in [-0.25, -0.2) is 0 Å². The standard InChI is InChI=1S/C20H15F3N4S/c21-20(22,23)17-8-4-5-9-18(17)25-19(28)24-14-10-12-16(13-11-14)27-26-15-6-2-1-3-7-15/h1-13H,(H2,24,25,28). The Morgan fingerprint density at radius 2 is 1.29 bits per heavy atom. The number of para-hydroxylation sites is 1. The van der Waals surface area contributed by atoms with Crippen LogP contribution >= 0.6 is 12.2 Å². The SMILES string of the molecule is FC(F)(F)c1ccccc1NC(=S)Nc1ccc(N=Nc2ccccc2)cc1. The number of anilines is 2. The first-order valence-electron chi connectivity index (χ1n) is 8.23. The van der Waals surface area contributed by atoms with Crippen LogP contribution in [0, 0.1) is 0 Å². The van der Waals surface area contributed by atoms with Crippen molar-refractivity contribution in [3.8, 4) is 0 Å². The molecule has 0 saturated carbocycles. The van der Waals surface area contributed by atoms with E-state index in [0.717, 1.165) is 11.8 Å². The molecule has 0 aliphatic carbocycles. The molecule has 0 unspecified atom stereocenters. The number of thiocarbonyl (C=S) groups is 1. The van der Waals surface area contributed by atoms with E-state index in [1.807, 2.05) is 30.3 Å². The second-order valence-corrected chi connectivity index (χ2v) is 6.11. The summed E-state index contributed by atoms with van der Waals surface area (Å²) in [5.74, 6) is 0. The van der Waals surface area contributed by atoms with Crippen LogP contribution in [0.1, 0.15) is 5.56 Å². The summed E-state index contributed by atoms with van der Waals surface area (Å²) in [6.45, 7) is 0. The van der Waals surface area contributed by atoms with Crippen molar-refractivity contribution in [2.45, 2.75) is 6.18 Å². The third-order valence-electron chi connectivity index (χ3n) is 3.64. The topological polar surface area (TPSA) is 48.8 Å². The molecule has 28 heavy (non-hydrogen) atoms. The third kappa shape index (κ3) is 5.37. The van der Waals surface area contributed by atoms with E-state index in [0.29, 0.717) is 11.4 Å². The molecule has 0 aromatic heterocycles. The normalized spacial score (nSPS) is 11.4. The summed E-state index contributed by atoms with van der Waals surface area (Å²) >= 11 is 5.12. The summed E-state index contributed by atoms with van der Waals surface area (Å²) in [6.07, 6.45) is -4.47. The molecule has 0 bridgehead atoms. The quantitative estimate of drug-likeness (QED) is 0.369. The summed E-state index contributed by atoms with van der Waals surface area (Å²) in [7, 11) is 0. The van der Waals surface area contributed by atoms with Crippen molar-refractivity contribution in [2.75, 3.05) is 10.6 Å². The molecular weight excluding hydrogens is 385 g/mol. The van der Waals surface area contributed by atoms with Crippen LogP contribution in [0.4, 0.5) is 35.9 Å². The summed E-state index contributed by atoms with van der Waals surface area (Å²) in [5, 5.41) is 13.7. The minimum atomic E-state index is -4.47. The van der Waals surface area contributed by atoms with Gasteiger partial charge in [-0.1, -0.05) is 30.3 Å². The Kier molecular flexibility index (Phi) is 6.00. The van der Waals surface area contributed by atoms with Gasteiger partial charge in [0.15, 0.2) is 5.11 Å². The first-order chi connectivity index (χ1) is 13.4. The van der Waals surface area contributed by atoms with Gasteiger partial charge in [0, 0.05) is 5.69 Å². The number of halogens is 3. The Bertz CT molecular complexity index is 971. The average Bonchev–Trinajstić information content (AvgIpc) is 2.68. The van der Waals surface area contributed by atoms with E-state index in [1.165, 1.54) is 18.2 Å². The fraction of sp³-hybridized carbons (Fsp3) is 0.0500. The fourth-order valence-electron chi connectivity index (χ4n) is 2.35. The number of nitrogens with zero attached hydrogens (tertiary/aromatic N) is 2. The number of hydrogen-bond acceptors (Lipinski definition) is 3. The highest BCUT2D eigenvalue weighted by atomic mass is 32.1. The fourth-order valence-corrected chi connectivity index (χ4v) is 2.57. The van der Waals surface area contributed by atoms with Crippen molar-refractivity contribution < 1.29 is 13.2 Å². The zero-order chi connectivity index (χ0) is 20.0. The maximum absolute atomic E-state index is 13.0. The first-order valence-corrected chi connectivity index (χ1v) is 8.64. The Labute approximate surface area is 165 Å². The Morgan fingerprint density at radius 3 is 1.93 bits per heavy atom. The van der Waals surface area contributed by atoms with E-state index < -0.39 is 11.7 Å². The van der Waals surface area contributed by atoms with Crippen LogP contribution in [-0.2, 0) is 6.18 Å². The summed E-state index contributed by atoms with van der Waals surface area (Å²) < 4.78 is 39.1. The van der Waals surface area contributed by atoms with Gasteiger partial charge >= 0.3 is 6.18 Å². The molecule has 3 aromatic rings. The second-order valence-electron chi connectivity index (χ2n) is 5.70. The molecule has 0 spiro atoms. The molecule has 0 aliphatic heterocycles. The highest BCUT2D eigenvalue weighted by molar-refractivity contribution is 7.80. The van der Waals surface area contributed by atoms with Crippen LogP contribution in [0.5, 0.6) is 0 Å². The smallest absolute Gasteiger partial charge is 0.332 e. The number of rotatable bonds is 4. The molecule has 3 aromatic carbocycles.